The van der Waals surface area contributed by atoms with Crippen LogP contribution in [0.4, 0.5) is 22.0 Å². The SMILES string of the molecule is CCc1cccc(CNC[C@@H](OC(=O)CNC(=O)c2cccc(C(F)(F)F)c2)[C@@H](N)Cc2cc(F)cc(F)c2)c1. The number of halogens is 5. The molecule has 0 radical (unpaired) electrons. The maximum absolute atomic E-state index is 13.7. The van der Waals surface area contributed by atoms with E-state index < -0.39 is 53.9 Å². The van der Waals surface area contributed by atoms with Crippen LogP contribution in [0, 0.1) is 11.6 Å². The molecular formula is C29H30F5N3O3. The normalized spacial score (nSPS) is 13.0. The van der Waals surface area contributed by atoms with Crippen molar-refractivity contribution >= 4 is 11.9 Å². The number of amides is 1. The summed E-state index contributed by atoms with van der Waals surface area (Å²) in [5.41, 5.74) is 7.38. The molecule has 40 heavy (non-hydrogen) atoms. The summed E-state index contributed by atoms with van der Waals surface area (Å²) in [4.78, 5) is 24.9. The van der Waals surface area contributed by atoms with Crippen molar-refractivity contribution < 1.29 is 36.3 Å². The van der Waals surface area contributed by atoms with E-state index in [1.165, 1.54) is 6.07 Å². The minimum atomic E-state index is -4.63. The number of aryl methyl sites for hydroxylation is 1. The Labute approximate surface area is 228 Å². The number of carbonyl (C=O) groups is 2. The second-order valence-electron chi connectivity index (χ2n) is 9.24. The fourth-order valence-corrected chi connectivity index (χ4v) is 4.03. The fourth-order valence-electron chi connectivity index (χ4n) is 4.03. The molecule has 0 unspecified atom stereocenters. The second-order valence-corrected chi connectivity index (χ2v) is 9.24. The van der Waals surface area contributed by atoms with E-state index in [0.717, 1.165) is 47.9 Å². The first-order chi connectivity index (χ1) is 18.9. The number of nitrogens with one attached hydrogen (secondary N) is 2. The minimum absolute atomic E-state index is 0.0176. The molecule has 3 rings (SSSR count). The number of hydrogen-bond acceptors (Lipinski definition) is 5. The minimum Gasteiger partial charge on any atom is -0.458 e. The predicted molar refractivity (Wildman–Crippen MR) is 139 cm³/mol. The molecule has 1 amide bonds. The van der Waals surface area contributed by atoms with Gasteiger partial charge in [-0.15, -0.1) is 0 Å². The number of alkyl halides is 3. The molecule has 11 heteroatoms. The Balaban J connectivity index is 1.64. The van der Waals surface area contributed by atoms with Crippen molar-refractivity contribution in [2.24, 2.45) is 5.73 Å². The van der Waals surface area contributed by atoms with E-state index in [4.69, 9.17) is 10.5 Å². The van der Waals surface area contributed by atoms with E-state index >= 15 is 0 Å². The van der Waals surface area contributed by atoms with Crippen molar-refractivity contribution in [1.29, 1.82) is 0 Å². The van der Waals surface area contributed by atoms with Gasteiger partial charge in [0.1, 0.15) is 24.3 Å². The first-order valence-electron chi connectivity index (χ1n) is 12.6. The fraction of sp³-hybridized carbons (Fsp3) is 0.310. The van der Waals surface area contributed by atoms with Crippen molar-refractivity contribution in [1.82, 2.24) is 10.6 Å². The standard InChI is InChI=1S/C29H30F5N3O3/c1-2-18-5-3-6-19(9-18)15-36-16-26(25(35)12-20-10-23(30)14-24(31)11-20)40-27(38)17-37-28(39)21-7-4-8-22(13-21)29(32,33)34/h3-11,13-14,25-26,36H,2,12,15-17,35H2,1H3,(H,37,39)/t25-,26+/m0/s1. The van der Waals surface area contributed by atoms with Crippen LogP contribution in [0.15, 0.2) is 66.7 Å². The quantitative estimate of drug-likeness (QED) is 0.222. The third-order valence-electron chi connectivity index (χ3n) is 6.07. The van der Waals surface area contributed by atoms with Crippen molar-refractivity contribution in [3.63, 3.8) is 0 Å². The lowest BCUT2D eigenvalue weighted by atomic mass is 10.0. The van der Waals surface area contributed by atoms with Gasteiger partial charge in [-0.05, 0) is 59.9 Å². The monoisotopic (exact) mass is 563 g/mol. The van der Waals surface area contributed by atoms with E-state index in [2.05, 4.69) is 10.6 Å². The van der Waals surface area contributed by atoms with Crippen LogP contribution in [0.3, 0.4) is 0 Å². The predicted octanol–water partition coefficient (Wildman–Crippen LogP) is 4.55. The highest BCUT2D eigenvalue weighted by Crippen LogP contribution is 2.29. The van der Waals surface area contributed by atoms with Crippen LogP contribution in [0.5, 0.6) is 0 Å². The van der Waals surface area contributed by atoms with Crippen LogP contribution in [-0.4, -0.2) is 37.1 Å². The Morgan fingerprint density at radius 1 is 0.925 bits per heavy atom. The maximum atomic E-state index is 13.7. The van der Waals surface area contributed by atoms with Gasteiger partial charge in [-0.25, -0.2) is 8.78 Å². The molecule has 214 valence electrons. The van der Waals surface area contributed by atoms with Gasteiger partial charge in [-0.2, -0.15) is 13.2 Å². The third kappa shape index (κ3) is 9.42. The van der Waals surface area contributed by atoms with E-state index in [9.17, 15) is 31.5 Å². The Morgan fingerprint density at radius 3 is 2.27 bits per heavy atom. The van der Waals surface area contributed by atoms with E-state index in [1.807, 2.05) is 31.2 Å². The van der Waals surface area contributed by atoms with Gasteiger partial charge in [0.05, 0.1) is 5.56 Å². The number of carbonyl (C=O) groups excluding carboxylic acids is 2. The molecule has 6 nitrogen and oxygen atoms in total. The van der Waals surface area contributed by atoms with E-state index in [0.29, 0.717) is 12.6 Å². The summed E-state index contributed by atoms with van der Waals surface area (Å²) in [6.45, 7) is 1.91. The van der Waals surface area contributed by atoms with Gasteiger partial charge < -0.3 is 21.1 Å². The zero-order valence-corrected chi connectivity index (χ0v) is 21.7. The van der Waals surface area contributed by atoms with Gasteiger partial charge in [0.2, 0.25) is 0 Å². The van der Waals surface area contributed by atoms with Crippen LogP contribution in [0.1, 0.15) is 39.5 Å². The van der Waals surface area contributed by atoms with Crippen LogP contribution in [0.25, 0.3) is 0 Å². The lowest BCUT2D eigenvalue weighted by Crippen LogP contribution is -2.47. The zero-order chi connectivity index (χ0) is 29.3. The lowest BCUT2D eigenvalue weighted by molar-refractivity contribution is -0.148. The smallest absolute Gasteiger partial charge is 0.416 e. The topological polar surface area (TPSA) is 93.5 Å². The summed E-state index contributed by atoms with van der Waals surface area (Å²) in [5, 5.41) is 5.40. The van der Waals surface area contributed by atoms with Gasteiger partial charge in [0.25, 0.3) is 5.91 Å². The zero-order valence-electron chi connectivity index (χ0n) is 21.7. The summed E-state index contributed by atoms with van der Waals surface area (Å²) in [6.07, 6.45) is -4.75. The molecule has 0 aliphatic heterocycles. The molecule has 0 spiro atoms. The summed E-state index contributed by atoms with van der Waals surface area (Å²) in [5.74, 6) is -3.34. The number of nitrogens with two attached hydrogens (primary N) is 1. The summed E-state index contributed by atoms with van der Waals surface area (Å²) in [7, 11) is 0. The van der Waals surface area contributed by atoms with Crippen molar-refractivity contribution in [2.75, 3.05) is 13.1 Å². The van der Waals surface area contributed by atoms with Crippen molar-refractivity contribution in [3.05, 3.63) is 106 Å². The van der Waals surface area contributed by atoms with Gasteiger partial charge in [-0.1, -0.05) is 37.3 Å². The maximum Gasteiger partial charge on any atom is 0.416 e. The van der Waals surface area contributed by atoms with Crippen LogP contribution < -0.4 is 16.4 Å². The molecule has 4 N–H and O–H groups in total. The third-order valence-corrected chi connectivity index (χ3v) is 6.07. The average molecular weight is 564 g/mol. The molecule has 3 aromatic rings. The first kappa shape index (κ1) is 30.7. The number of rotatable bonds is 12. The van der Waals surface area contributed by atoms with Crippen LogP contribution >= 0.6 is 0 Å². The Bertz CT molecular complexity index is 1300. The van der Waals surface area contributed by atoms with Crippen molar-refractivity contribution in [2.45, 2.75) is 44.6 Å². The van der Waals surface area contributed by atoms with E-state index in [-0.39, 0.29) is 24.1 Å². The molecule has 0 heterocycles. The number of hydrogen-bond donors (Lipinski definition) is 3. The molecular weight excluding hydrogens is 533 g/mol. The Hall–Kier alpha value is -3.83. The summed E-state index contributed by atoms with van der Waals surface area (Å²) < 4.78 is 71.7. The van der Waals surface area contributed by atoms with Crippen LogP contribution in [-0.2, 0) is 35.1 Å². The molecule has 0 bridgehead atoms. The summed E-state index contributed by atoms with van der Waals surface area (Å²) >= 11 is 0. The summed E-state index contributed by atoms with van der Waals surface area (Å²) in [6, 6.07) is 13.7. The first-order valence-corrected chi connectivity index (χ1v) is 12.6. The van der Waals surface area contributed by atoms with E-state index in [1.54, 1.807) is 0 Å². The van der Waals surface area contributed by atoms with Gasteiger partial charge in [0.15, 0.2) is 0 Å². The molecule has 3 aromatic carbocycles. The molecule has 0 saturated heterocycles. The Morgan fingerprint density at radius 2 is 1.60 bits per heavy atom. The molecule has 0 fully saturated rings. The average Bonchev–Trinajstić information content (AvgIpc) is 2.90. The highest BCUT2D eigenvalue weighted by molar-refractivity contribution is 5.96. The van der Waals surface area contributed by atoms with Gasteiger partial charge in [0, 0.05) is 30.8 Å². The molecule has 0 saturated carbocycles. The number of ether oxygens (including phenoxy) is 1. The molecule has 0 aromatic heterocycles. The Kier molecular flexibility index (Phi) is 10.7. The van der Waals surface area contributed by atoms with Crippen molar-refractivity contribution in [3.8, 4) is 0 Å². The van der Waals surface area contributed by atoms with Gasteiger partial charge >= 0.3 is 12.1 Å². The highest BCUT2D eigenvalue weighted by atomic mass is 19.4. The number of benzene rings is 3. The largest absolute Gasteiger partial charge is 0.458 e. The van der Waals surface area contributed by atoms with Crippen LogP contribution in [0.2, 0.25) is 0 Å². The molecule has 0 aliphatic carbocycles. The highest BCUT2D eigenvalue weighted by Gasteiger charge is 2.31. The second kappa shape index (κ2) is 14.0. The molecule has 2 atom stereocenters. The number of esters is 1. The molecule has 0 aliphatic rings. The lowest BCUT2D eigenvalue weighted by Gasteiger charge is -2.25. The van der Waals surface area contributed by atoms with Gasteiger partial charge in [-0.3, -0.25) is 9.59 Å².